The van der Waals surface area contributed by atoms with Crippen molar-refractivity contribution in [3.63, 3.8) is 0 Å². The molecule has 0 radical (unpaired) electrons. The lowest BCUT2D eigenvalue weighted by Crippen LogP contribution is -2.14. The monoisotopic (exact) mass is 269 g/mol. The molecule has 10 heavy (non-hydrogen) atoms. The molecular weight excluding hydrogens is 266 g/mol. The summed E-state index contributed by atoms with van der Waals surface area (Å²) >= 11 is 6.27. The summed E-state index contributed by atoms with van der Waals surface area (Å²) in [5, 5.41) is 0.537. The molecule has 0 atom stereocenters. The topological polar surface area (TPSA) is 35.1 Å². The van der Waals surface area contributed by atoms with E-state index in [4.69, 9.17) is 4.52 Å². The second-order valence-electron chi connectivity index (χ2n) is 1.69. The smallest absolute Gasteiger partial charge is 0.287 e. The Morgan fingerprint density at radius 3 is 2.60 bits per heavy atom. The van der Waals surface area contributed by atoms with Gasteiger partial charge in [0.05, 0.1) is 5.56 Å². The van der Waals surface area contributed by atoms with Crippen LogP contribution in [0.1, 0.15) is 5.56 Å². The van der Waals surface area contributed by atoms with Crippen LogP contribution in [0.4, 0.5) is 0 Å². The Morgan fingerprint density at radius 1 is 1.60 bits per heavy atom. The summed E-state index contributed by atoms with van der Waals surface area (Å²) < 4.78 is 6.10. The molecule has 3 nitrogen and oxygen atoms in total. The number of hydrogen-bond donors (Lipinski definition) is 0. The Balaban J connectivity index is 3.09. The van der Waals surface area contributed by atoms with Gasteiger partial charge in [0, 0.05) is 5.33 Å². The van der Waals surface area contributed by atoms with Crippen LogP contribution in [0.3, 0.4) is 0 Å². The third kappa shape index (κ3) is 1.34. The zero-order valence-corrected chi connectivity index (χ0v) is 8.18. The molecule has 1 heterocycles. The van der Waals surface area contributed by atoms with E-state index in [1.165, 1.54) is 11.0 Å². The van der Waals surface area contributed by atoms with E-state index >= 15 is 0 Å². The fourth-order valence-electron chi connectivity index (χ4n) is 0.557. The van der Waals surface area contributed by atoms with Crippen molar-refractivity contribution in [2.45, 2.75) is 10.8 Å². The number of alkyl halides is 2. The number of halogens is 2. The molecule has 1 rings (SSSR count). The van der Waals surface area contributed by atoms with Crippen LogP contribution in [-0.4, -0.2) is 4.74 Å². The van der Waals surface area contributed by atoms with E-state index in [2.05, 4.69) is 31.9 Å². The molecule has 0 saturated carbocycles. The lowest BCUT2D eigenvalue weighted by atomic mass is 10.4. The Morgan fingerprint density at radius 2 is 2.30 bits per heavy atom. The van der Waals surface area contributed by atoms with Crippen LogP contribution >= 0.6 is 31.9 Å². The lowest BCUT2D eigenvalue weighted by Gasteiger charge is -1.86. The average molecular weight is 271 g/mol. The molecule has 0 N–H and O–H groups in total. The van der Waals surface area contributed by atoms with Crippen molar-refractivity contribution < 1.29 is 4.52 Å². The molecule has 0 fully saturated rings. The molecule has 0 amide bonds. The summed E-state index contributed by atoms with van der Waals surface area (Å²) in [6.45, 7) is 0. The van der Waals surface area contributed by atoms with Crippen molar-refractivity contribution in [1.29, 1.82) is 0 Å². The summed E-state index contributed by atoms with van der Waals surface area (Å²) in [4.78, 5) is 11.0. The zero-order chi connectivity index (χ0) is 7.56. The number of aromatic nitrogens is 1. The molecule has 1 aromatic rings. The highest BCUT2D eigenvalue weighted by Gasteiger charge is 2.03. The van der Waals surface area contributed by atoms with Crippen molar-refractivity contribution in [2.24, 2.45) is 0 Å². The second kappa shape index (κ2) is 3.39. The molecule has 0 spiro atoms. The molecule has 0 saturated heterocycles. The molecule has 0 aliphatic heterocycles. The van der Waals surface area contributed by atoms with Gasteiger partial charge in [0.1, 0.15) is 11.7 Å². The third-order valence-corrected chi connectivity index (χ3v) is 2.14. The van der Waals surface area contributed by atoms with E-state index in [-0.39, 0.29) is 5.56 Å². The summed E-state index contributed by atoms with van der Waals surface area (Å²) in [6.07, 6.45) is 1.44. The predicted octanol–water partition coefficient (Wildman–Crippen LogP) is 1.69. The maximum Gasteiger partial charge on any atom is 0.287 e. The van der Waals surface area contributed by atoms with Crippen LogP contribution in [-0.2, 0) is 10.8 Å². The van der Waals surface area contributed by atoms with Gasteiger partial charge in [-0.1, -0.05) is 31.9 Å². The van der Waals surface area contributed by atoms with Gasteiger partial charge in [0.25, 0.3) is 5.56 Å². The standard InChI is InChI=1S/C5H5Br2NO2/c6-1-4-2-10-8(3-7)5(4)9/h2H,1,3H2. The van der Waals surface area contributed by atoms with Crippen molar-refractivity contribution >= 4 is 31.9 Å². The first kappa shape index (κ1) is 8.07. The molecule has 0 aliphatic carbocycles. The quantitative estimate of drug-likeness (QED) is 0.767. The molecular formula is C5H5Br2NO2. The summed E-state index contributed by atoms with van der Waals surface area (Å²) in [6, 6.07) is 0. The summed E-state index contributed by atoms with van der Waals surface area (Å²) in [5.74, 6) is 0. The third-order valence-electron chi connectivity index (χ3n) is 1.08. The summed E-state index contributed by atoms with van der Waals surface area (Å²) in [7, 11) is 0. The second-order valence-corrected chi connectivity index (χ2v) is 2.75. The highest BCUT2D eigenvalue weighted by molar-refractivity contribution is 9.08. The molecule has 0 bridgehead atoms. The van der Waals surface area contributed by atoms with E-state index in [1.54, 1.807) is 0 Å². The molecule has 0 aromatic carbocycles. The number of rotatable bonds is 2. The first-order valence-electron chi connectivity index (χ1n) is 2.59. The fraction of sp³-hybridized carbons (Fsp3) is 0.400. The van der Waals surface area contributed by atoms with Gasteiger partial charge in [-0.15, -0.1) is 0 Å². The first-order valence-corrected chi connectivity index (χ1v) is 4.83. The van der Waals surface area contributed by atoms with Crippen LogP contribution in [0.25, 0.3) is 0 Å². The zero-order valence-electron chi connectivity index (χ0n) is 5.01. The van der Waals surface area contributed by atoms with Crippen LogP contribution in [0.2, 0.25) is 0 Å². The molecule has 1 aromatic heterocycles. The fourth-order valence-corrected chi connectivity index (χ4v) is 1.27. The Labute approximate surface area is 74.2 Å². The van der Waals surface area contributed by atoms with Gasteiger partial charge in [-0.2, -0.15) is 4.74 Å². The predicted molar refractivity (Wildman–Crippen MR) is 44.5 cm³/mol. The van der Waals surface area contributed by atoms with Gasteiger partial charge >= 0.3 is 0 Å². The highest BCUT2D eigenvalue weighted by Crippen LogP contribution is 2.00. The maximum atomic E-state index is 11.0. The van der Waals surface area contributed by atoms with Gasteiger partial charge in [-0.3, -0.25) is 4.79 Å². The van der Waals surface area contributed by atoms with Gasteiger partial charge in [0.15, 0.2) is 0 Å². The van der Waals surface area contributed by atoms with E-state index < -0.39 is 0 Å². The van der Waals surface area contributed by atoms with Crippen molar-refractivity contribution in [3.05, 3.63) is 22.2 Å². The van der Waals surface area contributed by atoms with Crippen molar-refractivity contribution in [1.82, 2.24) is 4.74 Å². The van der Waals surface area contributed by atoms with Crippen molar-refractivity contribution in [3.8, 4) is 0 Å². The van der Waals surface area contributed by atoms with Gasteiger partial charge in [-0.25, -0.2) is 0 Å². The molecule has 56 valence electrons. The summed E-state index contributed by atoms with van der Waals surface area (Å²) in [5.41, 5.74) is 0.951. The average Bonchev–Trinajstić information content (AvgIpc) is 2.30. The minimum atomic E-state index is -0.0891. The largest absolute Gasteiger partial charge is 0.383 e. The van der Waals surface area contributed by atoms with Crippen LogP contribution in [0.5, 0.6) is 0 Å². The Bertz CT molecular complexity index is 240. The number of hydrogen-bond acceptors (Lipinski definition) is 2. The maximum absolute atomic E-state index is 11.0. The lowest BCUT2D eigenvalue weighted by molar-refractivity contribution is 0.295. The van der Waals surface area contributed by atoms with E-state index in [1.807, 2.05) is 0 Å². The van der Waals surface area contributed by atoms with Gasteiger partial charge < -0.3 is 4.52 Å². The van der Waals surface area contributed by atoms with E-state index in [0.717, 1.165) is 0 Å². The van der Waals surface area contributed by atoms with Crippen LogP contribution < -0.4 is 5.56 Å². The minimum absolute atomic E-state index is 0.0891. The van der Waals surface area contributed by atoms with E-state index in [0.29, 0.717) is 16.3 Å². The normalized spacial score (nSPS) is 10.2. The Kier molecular flexibility index (Phi) is 2.73. The molecule has 5 heteroatoms. The molecule has 0 aliphatic rings. The minimum Gasteiger partial charge on any atom is -0.383 e. The van der Waals surface area contributed by atoms with Crippen molar-refractivity contribution in [2.75, 3.05) is 0 Å². The first-order chi connectivity index (χ1) is 4.79. The van der Waals surface area contributed by atoms with Crippen LogP contribution in [0, 0.1) is 0 Å². The SMILES string of the molecule is O=c1c(CBr)con1CBr. The molecule has 0 unspecified atom stereocenters. The van der Waals surface area contributed by atoms with Crippen LogP contribution in [0.15, 0.2) is 15.6 Å². The number of nitrogens with zero attached hydrogens (tertiary/aromatic N) is 1. The van der Waals surface area contributed by atoms with Gasteiger partial charge in [0.2, 0.25) is 0 Å². The van der Waals surface area contributed by atoms with Gasteiger partial charge in [-0.05, 0) is 0 Å². The highest BCUT2D eigenvalue weighted by atomic mass is 79.9. The van der Waals surface area contributed by atoms with E-state index in [9.17, 15) is 4.79 Å². The Hall–Kier alpha value is -0.0300.